The lowest BCUT2D eigenvalue weighted by Gasteiger charge is -2.09. The molecule has 29 heavy (non-hydrogen) atoms. The smallest absolute Gasteiger partial charge is 0.258 e. The molecule has 0 saturated carbocycles. The Balaban J connectivity index is 1.32. The van der Waals surface area contributed by atoms with E-state index >= 15 is 0 Å². The summed E-state index contributed by atoms with van der Waals surface area (Å²) in [6.07, 6.45) is 2.64. The first-order valence-electron chi connectivity index (χ1n) is 9.54. The first-order chi connectivity index (χ1) is 14.1. The molecule has 1 heterocycles. The predicted molar refractivity (Wildman–Crippen MR) is 111 cm³/mol. The Morgan fingerprint density at radius 3 is 2.28 bits per heavy atom. The van der Waals surface area contributed by atoms with Crippen molar-refractivity contribution in [3.8, 4) is 0 Å². The first kappa shape index (κ1) is 20.1. The van der Waals surface area contributed by atoms with Crippen molar-refractivity contribution in [2.75, 3.05) is 6.54 Å². The van der Waals surface area contributed by atoms with E-state index in [9.17, 15) is 14.4 Å². The molecule has 0 aliphatic rings. The number of amides is 3. The molecule has 0 aliphatic heterocycles. The van der Waals surface area contributed by atoms with Crippen molar-refractivity contribution < 1.29 is 14.4 Å². The Morgan fingerprint density at radius 1 is 0.759 bits per heavy atom. The molecule has 3 amide bonds. The Labute approximate surface area is 169 Å². The van der Waals surface area contributed by atoms with Crippen LogP contribution in [0.5, 0.6) is 0 Å². The molecule has 0 unspecified atom stereocenters. The number of carbonyl (C=O) groups excluding carboxylic acids is 3. The van der Waals surface area contributed by atoms with Gasteiger partial charge in [-0.2, -0.15) is 0 Å². The Kier molecular flexibility index (Phi) is 7.00. The van der Waals surface area contributed by atoms with Gasteiger partial charge in [0.25, 0.3) is 5.91 Å². The molecular formula is C22H24N4O3. The molecule has 0 bridgehead atoms. The van der Waals surface area contributed by atoms with Gasteiger partial charge in [0.15, 0.2) is 0 Å². The van der Waals surface area contributed by atoms with Gasteiger partial charge in [0.1, 0.15) is 6.54 Å². The second kappa shape index (κ2) is 10.1. The fourth-order valence-corrected chi connectivity index (χ4v) is 2.98. The van der Waals surface area contributed by atoms with Crippen molar-refractivity contribution in [2.45, 2.75) is 25.8 Å². The summed E-state index contributed by atoms with van der Waals surface area (Å²) in [6, 6.07) is 19.5. The van der Waals surface area contributed by atoms with Crippen LogP contribution in [-0.2, 0) is 27.3 Å². The maximum atomic E-state index is 12.0. The number of rotatable bonds is 8. The van der Waals surface area contributed by atoms with Crippen LogP contribution in [0, 0.1) is 0 Å². The topological polar surface area (TPSA) is 92.2 Å². The minimum atomic E-state index is -0.408. The third-order valence-corrected chi connectivity index (χ3v) is 4.49. The van der Waals surface area contributed by atoms with Gasteiger partial charge in [-0.15, -0.1) is 0 Å². The van der Waals surface area contributed by atoms with Gasteiger partial charge >= 0.3 is 0 Å². The van der Waals surface area contributed by atoms with Gasteiger partial charge in [-0.05, 0) is 29.5 Å². The highest BCUT2D eigenvalue weighted by molar-refractivity contribution is 5.86. The molecule has 0 spiro atoms. The summed E-state index contributed by atoms with van der Waals surface area (Å²) >= 11 is 0. The van der Waals surface area contributed by atoms with Crippen LogP contribution in [0.1, 0.15) is 18.4 Å². The molecule has 3 aromatic rings. The maximum Gasteiger partial charge on any atom is 0.258 e. The summed E-state index contributed by atoms with van der Waals surface area (Å²) in [5, 5.41) is 3.83. The van der Waals surface area contributed by atoms with Crippen LogP contribution in [0.3, 0.4) is 0 Å². The Bertz CT molecular complexity index is 982. The number of benzene rings is 2. The van der Waals surface area contributed by atoms with Crippen LogP contribution in [-0.4, -0.2) is 28.8 Å². The third kappa shape index (κ3) is 6.21. The molecule has 7 heteroatoms. The molecular weight excluding hydrogens is 368 g/mol. The van der Waals surface area contributed by atoms with E-state index in [0.717, 1.165) is 22.9 Å². The molecule has 0 aliphatic carbocycles. The van der Waals surface area contributed by atoms with Crippen molar-refractivity contribution in [3.05, 3.63) is 72.4 Å². The van der Waals surface area contributed by atoms with Gasteiger partial charge in [0, 0.05) is 31.1 Å². The molecule has 1 aromatic heterocycles. The van der Waals surface area contributed by atoms with Crippen molar-refractivity contribution in [1.82, 2.24) is 20.7 Å². The molecule has 0 radical (unpaired) electrons. The fourth-order valence-electron chi connectivity index (χ4n) is 2.98. The van der Waals surface area contributed by atoms with E-state index in [4.69, 9.17) is 0 Å². The van der Waals surface area contributed by atoms with Crippen molar-refractivity contribution in [2.24, 2.45) is 0 Å². The molecule has 0 atom stereocenters. The minimum absolute atomic E-state index is 0.00387. The van der Waals surface area contributed by atoms with Gasteiger partial charge in [-0.1, -0.05) is 48.5 Å². The second-order valence-corrected chi connectivity index (χ2v) is 6.68. The number of hydrazine groups is 1. The number of hydrogen-bond donors (Lipinski definition) is 3. The molecule has 3 rings (SSSR count). The number of para-hydroxylation sites is 1. The second-order valence-electron chi connectivity index (χ2n) is 6.68. The van der Waals surface area contributed by atoms with Crippen LogP contribution < -0.4 is 16.2 Å². The summed E-state index contributed by atoms with van der Waals surface area (Å²) in [4.78, 5) is 35.7. The third-order valence-electron chi connectivity index (χ3n) is 4.49. The molecule has 0 saturated heterocycles. The highest BCUT2D eigenvalue weighted by atomic mass is 16.2. The summed E-state index contributed by atoms with van der Waals surface area (Å²) in [7, 11) is 0. The molecule has 7 nitrogen and oxygen atoms in total. The van der Waals surface area contributed by atoms with Crippen LogP contribution in [0.15, 0.2) is 66.9 Å². The zero-order valence-electron chi connectivity index (χ0n) is 16.1. The first-order valence-corrected chi connectivity index (χ1v) is 9.54. The highest BCUT2D eigenvalue weighted by Gasteiger charge is 2.09. The summed E-state index contributed by atoms with van der Waals surface area (Å²) < 4.78 is 1.80. The van der Waals surface area contributed by atoms with Crippen LogP contribution in [0.4, 0.5) is 0 Å². The van der Waals surface area contributed by atoms with E-state index in [1.165, 1.54) is 0 Å². The normalized spacial score (nSPS) is 10.5. The van der Waals surface area contributed by atoms with Gasteiger partial charge < -0.3 is 9.88 Å². The van der Waals surface area contributed by atoms with Gasteiger partial charge in [-0.25, -0.2) is 0 Å². The van der Waals surface area contributed by atoms with Crippen LogP contribution in [0.25, 0.3) is 10.9 Å². The van der Waals surface area contributed by atoms with E-state index in [1.807, 2.05) is 66.9 Å². The Hall–Kier alpha value is -3.61. The fraction of sp³-hybridized carbons (Fsp3) is 0.227. The number of nitrogens with one attached hydrogen (secondary N) is 3. The van der Waals surface area contributed by atoms with Crippen LogP contribution >= 0.6 is 0 Å². The van der Waals surface area contributed by atoms with Crippen molar-refractivity contribution >= 4 is 28.6 Å². The van der Waals surface area contributed by atoms with Crippen molar-refractivity contribution in [3.63, 3.8) is 0 Å². The standard InChI is InChI=1S/C22H24N4O3/c27-20(23-14-12-17-6-2-1-3-7-17)10-11-21(28)24-25-22(29)16-26-15-13-18-8-4-5-9-19(18)26/h1-9,13,15H,10-12,14,16H2,(H,23,27)(H,24,28)(H,25,29). The molecule has 2 aromatic carbocycles. The quantitative estimate of drug-likeness (QED) is 0.512. The van der Waals surface area contributed by atoms with Gasteiger partial charge in [0.05, 0.1) is 0 Å². The number of hydrogen-bond acceptors (Lipinski definition) is 3. The Morgan fingerprint density at radius 2 is 1.45 bits per heavy atom. The largest absolute Gasteiger partial charge is 0.356 e. The maximum absolute atomic E-state index is 12.0. The average Bonchev–Trinajstić information content (AvgIpc) is 3.14. The lowest BCUT2D eigenvalue weighted by atomic mass is 10.1. The van der Waals surface area contributed by atoms with Crippen molar-refractivity contribution in [1.29, 1.82) is 0 Å². The SMILES string of the molecule is O=C(CCC(=O)NNC(=O)Cn1ccc2ccccc21)NCCc1ccccc1. The zero-order valence-corrected chi connectivity index (χ0v) is 16.1. The minimum Gasteiger partial charge on any atom is -0.356 e. The number of aromatic nitrogens is 1. The van der Waals surface area contributed by atoms with E-state index in [-0.39, 0.29) is 31.2 Å². The summed E-state index contributed by atoms with van der Waals surface area (Å²) in [5.41, 5.74) is 6.82. The average molecular weight is 392 g/mol. The van der Waals surface area contributed by atoms with Gasteiger partial charge in [0.2, 0.25) is 11.8 Å². The highest BCUT2D eigenvalue weighted by Crippen LogP contribution is 2.14. The van der Waals surface area contributed by atoms with E-state index in [0.29, 0.717) is 6.54 Å². The number of carbonyl (C=O) groups is 3. The number of nitrogens with zero attached hydrogens (tertiary/aromatic N) is 1. The lowest BCUT2D eigenvalue weighted by Crippen LogP contribution is -2.43. The van der Waals surface area contributed by atoms with Gasteiger partial charge in [-0.3, -0.25) is 25.2 Å². The van der Waals surface area contributed by atoms with E-state index in [1.54, 1.807) is 4.57 Å². The van der Waals surface area contributed by atoms with E-state index < -0.39 is 5.91 Å². The summed E-state index contributed by atoms with van der Waals surface area (Å²) in [5.74, 6) is -0.942. The molecule has 0 fully saturated rings. The summed E-state index contributed by atoms with van der Waals surface area (Å²) in [6.45, 7) is 0.611. The number of fused-ring (bicyclic) bond motifs is 1. The zero-order chi connectivity index (χ0) is 20.5. The monoisotopic (exact) mass is 392 g/mol. The van der Waals surface area contributed by atoms with Crippen LogP contribution in [0.2, 0.25) is 0 Å². The molecule has 3 N–H and O–H groups in total. The van der Waals surface area contributed by atoms with E-state index in [2.05, 4.69) is 16.2 Å². The lowest BCUT2D eigenvalue weighted by molar-refractivity contribution is -0.130. The molecule has 150 valence electrons. The predicted octanol–water partition coefficient (Wildman–Crippen LogP) is 1.93.